The third kappa shape index (κ3) is 4.53. The molecule has 0 aliphatic heterocycles. The summed E-state index contributed by atoms with van der Waals surface area (Å²) in [5, 5.41) is 12.3. The molecule has 2 N–H and O–H groups in total. The van der Waals surface area contributed by atoms with Crippen molar-refractivity contribution >= 4 is 5.97 Å². The molecule has 0 atom stereocenters. The number of benzene rings is 1. The molecule has 1 aliphatic carbocycles. The lowest BCUT2D eigenvalue weighted by molar-refractivity contribution is 0.0692. The van der Waals surface area contributed by atoms with Crippen molar-refractivity contribution in [3.05, 3.63) is 35.1 Å². The molecule has 0 radical (unpaired) electrons. The number of carboxylic acid groups (broad SMARTS) is 1. The molecule has 1 aromatic carbocycles. The lowest BCUT2D eigenvalue weighted by Crippen LogP contribution is -2.32. The maximum Gasteiger partial charge on any atom is 0.338 e. The minimum atomic E-state index is -1.22. The number of hydrogen-bond donors (Lipinski definition) is 2. The standard InChI is InChI=1S/C17H24FNO2/c1-2-3-12-4-7-14(8-5-12)19-11-13-6-9-15(17(20)21)16(18)10-13/h6,9-10,12,14,19H,2-5,7-8,11H2,1H3,(H,20,21). The van der Waals surface area contributed by atoms with Crippen LogP contribution in [-0.2, 0) is 6.54 Å². The number of rotatable bonds is 6. The highest BCUT2D eigenvalue weighted by Crippen LogP contribution is 2.27. The van der Waals surface area contributed by atoms with E-state index in [0.717, 1.165) is 11.5 Å². The van der Waals surface area contributed by atoms with Gasteiger partial charge in [-0.3, -0.25) is 0 Å². The van der Waals surface area contributed by atoms with Crippen LogP contribution in [0.2, 0.25) is 0 Å². The first-order chi connectivity index (χ1) is 10.1. The Morgan fingerprint density at radius 1 is 1.33 bits per heavy atom. The molecule has 0 aromatic heterocycles. The molecule has 1 fully saturated rings. The van der Waals surface area contributed by atoms with E-state index in [1.807, 2.05) is 0 Å². The van der Waals surface area contributed by atoms with Crippen LogP contribution in [0.4, 0.5) is 4.39 Å². The van der Waals surface area contributed by atoms with Crippen molar-refractivity contribution in [2.24, 2.45) is 5.92 Å². The van der Waals surface area contributed by atoms with Gasteiger partial charge in [0.1, 0.15) is 5.82 Å². The molecule has 0 unspecified atom stereocenters. The first-order valence-electron chi connectivity index (χ1n) is 7.85. The van der Waals surface area contributed by atoms with Gasteiger partial charge in [-0.05, 0) is 49.3 Å². The zero-order valence-electron chi connectivity index (χ0n) is 12.6. The van der Waals surface area contributed by atoms with Gasteiger partial charge in [0.05, 0.1) is 5.56 Å². The summed E-state index contributed by atoms with van der Waals surface area (Å²) >= 11 is 0. The average Bonchev–Trinajstić information content (AvgIpc) is 2.46. The Morgan fingerprint density at radius 2 is 2.05 bits per heavy atom. The summed E-state index contributed by atoms with van der Waals surface area (Å²) < 4.78 is 13.6. The van der Waals surface area contributed by atoms with Gasteiger partial charge in [0.25, 0.3) is 0 Å². The van der Waals surface area contributed by atoms with Crippen molar-refractivity contribution in [2.75, 3.05) is 0 Å². The van der Waals surface area contributed by atoms with Crippen LogP contribution in [0.15, 0.2) is 18.2 Å². The number of halogens is 1. The minimum Gasteiger partial charge on any atom is -0.478 e. The van der Waals surface area contributed by atoms with Crippen molar-refractivity contribution < 1.29 is 14.3 Å². The predicted molar refractivity (Wildman–Crippen MR) is 80.9 cm³/mol. The fraction of sp³-hybridized carbons (Fsp3) is 0.588. The molecule has 0 saturated heterocycles. The van der Waals surface area contributed by atoms with Crippen LogP contribution in [0.5, 0.6) is 0 Å². The number of carboxylic acids is 1. The van der Waals surface area contributed by atoms with E-state index in [9.17, 15) is 9.18 Å². The number of nitrogens with one attached hydrogen (secondary N) is 1. The first-order valence-corrected chi connectivity index (χ1v) is 7.85. The fourth-order valence-corrected chi connectivity index (χ4v) is 3.17. The van der Waals surface area contributed by atoms with Crippen molar-refractivity contribution in [2.45, 2.75) is 58.0 Å². The molecular weight excluding hydrogens is 269 g/mol. The Kier molecular flexibility index (Phi) is 5.74. The third-order valence-corrected chi connectivity index (χ3v) is 4.40. The quantitative estimate of drug-likeness (QED) is 0.834. The monoisotopic (exact) mass is 293 g/mol. The lowest BCUT2D eigenvalue weighted by Gasteiger charge is -2.29. The fourth-order valence-electron chi connectivity index (χ4n) is 3.17. The van der Waals surface area contributed by atoms with Gasteiger partial charge in [-0.2, -0.15) is 0 Å². The van der Waals surface area contributed by atoms with Crippen LogP contribution in [0.1, 0.15) is 61.4 Å². The van der Waals surface area contributed by atoms with E-state index in [2.05, 4.69) is 12.2 Å². The van der Waals surface area contributed by atoms with E-state index in [-0.39, 0.29) is 5.56 Å². The summed E-state index contributed by atoms with van der Waals surface area (Å²) in [5.74, 6) is -1.00. The van der Waals surface area contributed by atoms with Crippen molar-refractivity contribution in [1.82, 2.24) is 5.32 Å². The summed E-state index contributed by atoms with van der Waals surface area (Å²) in [4.78, 5) is 10.8. The van der Waals surface area contributed by atoms with Crippen molar-refractivity contribution in [3.8, 4) is 0 Å². The molecule has 4 heteroatoms. The molecular formula is C17H24FNO2. The predicted octanol–water partition coefficient (Wildman–Crippen LogP) is 3.97. The number of carbonyl (C=O) groups is 1. The maximum atomic E-state index is 13.6. The van der Waals surface area contributed by atoms with Crippen LogP contribution in [0, 0.1) is 11.7 Å². The van der Waals surface area contributed by atoms with E-state index < -0.39 is 11.8 Å². The van der Waals surface area contributed by atoms with Crippen LogP contribution >= 0.6 is 0 Å². The van der Waals surface area contributed by atoms with Gasteiger partial charge < -0.3 is 10.4 Å². The Morgan fingerprint density at radius 3 is 2.62 bits per heavy atom. The Hall–Kier alpha value is -1.42. The second-order valence-electron chi connectivity index (χ2n) is 6.01. The van der Waals surface area contributed by atoms with Gasteiger partial charge in [0.2, 0.25) is 0 Å². The molecule has 0 bridgehead atoms. The van der Waals surface area contributed by atoms with Gasteiger partial charge in [-0.1, -0.05) is 25.8 Å². The summed E-state index contributed by atoms with van der Waals surface area (Å²) in [6.45, 7) is 2.83. The van der Waals surface area contributed by atoms with Crippen LogP contribution in [0.3, 0.4) is 0 Å². The van der Waals surface area contributed by atoms with E-state index in [1.54, 1.807) is 6.07 Å². The summed E-state index contributed by atoms with van der Waals surface area (Å²) in [6.07, 6.45) is 7.50. The van der Waals surface area contributed by atoms with Gasteiger partial charge in [0.15, 0.2) is 0 Å². The average molecular weight is 293 g/mol. The smallest absolute Gasteiger partial charge is 0.338 e. The SMILES string of the molecule is CCCC1CCC(NCc2ccc(C(=O)O)c(F)c2)CC1. The summed E-state index contributed by atoms with van der Waals surface area (Å²) in [5.41, 5.74) is 0.534. The summed E-state index contributed by atoms with van der Waals surface area (Å²) in [7, 11) is 0. The van der Waals surface area contributed by atoms with E-state index in [1.165, 1.54) is 50.7 Å². The zero-order valence-corrected chi connectivity index (χ0v) is 12.6. The molecule has 0 spiro atoms. The molecule has 116 valence electrons. The second kappa shape index (κ2) is 7.55. The van der Waals surface area contributed by atoms with Crippen molar-refractivity contribution in [3.63, 3.8) is 0 Å². The molecule has 1 saturated carbocycles. The van der Waals surface area contributed by atoms with E-state index >= 15 is 0 Å². The molecule has 1 aromatic rings. The van der Waals surface area contributed by atoms with E-state index in [0.29, 0.717) is 12.6 Å². The van der Waals surface area contributed by atoms with Gasteiger partial charge in [-0.25, -0.2) is 9.18 Å². The van der Waals surface area contributed by atoms with Gasteiger partial charge in [0, 0.05) is 12.6 Å². The maximum absolute atomic E-state index is 13.6. The molecule has 2 rings (SSSR count). The lowest BCUT2D eigenvalue weighted by atomic mass is 9.83. The largest absolute Gasteiger partial charge is 0.478 e. The highest BCUT2D eigenvalue weighted by molar-refractivity contribution is 5.87. The van der Waals surface area contributed by atoms with Gasteiger partial charge >= 0.3 is 5.97 Å². The molecule has 3 nitrogen and oxygen atoms in total. The van der Waals surface area contributed by atoms with Crippen LogP contribution in [0.25, 0.3) is 0 Å². The highest BCUT2D eigenvalue weighted by atomic mass is 19.1. The number of hydrogen-bond acceptors (Lipinski definition) is 2. The molecule has 1 aliphatic rings. The van der Waals surface area contributed by atoms with Crippen LogP contribution in [-0.4, -0.2) is 17.1 Å². The Labute approximate surface area is 125 Å². The van der Waals surface area contributed by atoms with Gasteiger partial charge in [-0.15, -0.1) is 0 Å². The molecule has 21 heavy (non-hydrogen) atoms. The molecule has 0 amide bonds. The van der Waals surface area contributed by atoms with Crippen molar-refractivity contribution in [1.29, 1.82) is 0 Å². The van der Waals surface area contributed by atoms with Crippen LogP contribution < -0.4 is 5.32 Å². The Balaban J connectivity index is 1.81. The minimum absolute atomic E-state index is 0.265. The second-order valence-corrected chi connectivity index (χ2v) is 6.01. The summed E-state index contributed by atoms with van der Waals surface area (Å²) in [6, 6.07) is 4.84. The topological polar surface area (TPSA) is 49.3 Å². The third-order valence-electron chi connectivity index (χ3n) is 4.40. The first kappa shape index (κ1) is 16.0. The normalized spacial score (nSPS) is 22.2. The van der Waals surface area contributed by atoms with E-state index in [4.69, 9.17) is 5.11 Å². The molecule has 0 heterocycles. The Bertz CT molecular complexity index is 482. The zero-order chi connectivity index (χ0) is 15.2. The number of aromatic carboxylic acids is 1. The highest BCUT2D eigenvalue weighted by Gasteiger charge is 2.20.